The zero-order valence-electron chi connectivity index (χ0n) is 19.0. The number of rotatable bonds is 6. The first-order valence-electron chi connectivity index (χ1n) is 11.1. The Kier molecular flexibility index (Phi) is 7.07. The molecule has 3 aromatic rings. The SMILES string of the molecule is CC(=O)c1cnc2ccc(-c3cc(Cl)c(O)c(Cl)c3)nc2c1N[C@H]1CC[C@@H](CN(C)C)CC1. The minimum absolute atomic E-state index is 0.0591. The summed E-state index contributed by atoms with van der Waals surface area (Å²) < 4.78 is 0. The molecule has 0 spiro atoms. The molecule has 0 atom stereocenters. The number of carbonyl (C=O) groups excluding carboxylic acids is 1. The highest BCUT2D eigenvalue weighted by molar-refractivity contribution is 6.37. The summed E-state index contributed by atoms with van der Waals surface area (Å²) in [6.45, 7) is 2.65. The number of halogens is 2. The summed E-state index contributed by atoms with van der Waals surface area (Å²) in [5, 5.41) is 13.8. The van der Waals surface area contributed by atoms with E-state index in [2.05, 4.69) is 29.3 Å². The second-order valence-electron chi connectivity index (χ2n) is 9.08. The molecule has 0 saturated heterocycles. The number of phenols is 1. The molecule has 33 heavy (non-hydrogen) atoms. The van der Waals surface area contributed by atoms with Crippen LogP contribution >= 0.6 is 23.2 Å². The summed E-state index contributed by atoms with van der Waals surface area (Å²) >= 11 is 12.2. The van der Waals surface area contributed by atoms with Gasteiger partial charge in [-0.25, -0.2) is 4.98 Å². The third-order valence-electron chi connectivity index (χ3n) is 6.22. The van der Waals surface area contributed by atoms with E-state index in [1.165, 1.54) is 0 Å². The fraction of sp³-hybridized carbons (Fsp3) is 0.400. The summed E-state index contributed by atoms with van der Waals surface area (Å²) in [4.78, 5) is 24.0. The summed E-state index contributed by atoms with van der Waals surface area (Å²) in [7, 11) is 4.23. The van der Waals surface area contributed by atoms with Crippen LogP contribution in [-0.4, -0.2) is 52.4 Å². The second kappa shape index (κ2) is 9.84. The van der Waals surface area contributed by atoms with Crippen LogP contribution in [0.1, 0.15) is 43.0 Å². The molecule has 1 fully saturated rings. The van der Waals surface area contributed by atoms with Crippen molar-refractivity contribution in [2.24, 2.45) is 5.92 Å². The highest BCUT2D eigenvalue weighted by Gasteiger charge is 2.24. The summed E-state index contributed by atoms with van der Waals surface area (Å²) in [5.74, 6) is 0.486. The second-order valence-corrected chi connectivity index (χ2v) is 9.89. The lowest BCUT2D eigenvalue weighted by Gasteiger charge is -2.31. The van der Waals surface area contributed by atoms with Crippen LogP contribution in [0.4, 0.5) is 5.69 Å². The normalized spacial score (nSPS) is 18.6. The topological polar surface area (TPSA) is 78.3 Å². The lowest BCUT2D eigenvalue weighted by atomic mass is 9.85. The van der Waals surface area contributed by atoms with E-state index in [1.54, 1.807) is 25.3 Å². The van der Waals surface area contributed by atoms with Gasteiger partial charge >= 0.3 is 0 Å². The standard InChI is InChI=1S/C25H28Cl2N4O2/c1-14(32)18-12-28-22-9-8-21(16-10-19(26)25(33)20(27)11-16)30-24(22)23(18)29-17-6-4-15(5-7-17)13-31(2)3/h8-12,15,17,33H,4-7,13H2,1-3H3,(H,28,29)/t15-,17+. The number of hydrogen-bond donors (Lipinski definition) is 2. The Balaban J connectivity index is 1.71. The number of anilines is 1. The Bertz CT molecular complexity index is 1170. The van der Waals surface area contributed by atoms with Gasteiger partial charge in [-0.15, -0.1) is 0 Å². The summed E-state index contributed by atoms with van der Waals surface area (Å²) in [5.41, 5.74) is 3.89. The van der Waals surface area contributed by atoms with E-state index in [-0.39, 0.29) is 27.6 Å². The first-order chi connectivity index (χ1) is 15.7. The van der Waals surface area contributed by atoms with Crippen LogP contribution in [0.5, 0.6) is 5.75 Å². The van der Waals surface area contributed by atoms with Gasteiger partial charge in [-0.05, 0) is 76.9 Å². The zero-order valence-corrected chi connectivity index (χ0v) is 20.5. The lowest BCUT2D eigenvalue weighted by molar-refractivity contribution is 0.101. The number of phenolic OH excluding ortho intramolecular Hbond substituents is 1. The predicted octanol–water partition coefficient (Wildman–Crippen LogP) is 6.04. The molecule has 1 saturated carbocycles. The number of hydrogen-bond acceptors (Lipinski definition) is 6. The molecular weight excluding hydrogens is 459 g/mol. The molecule has 0 radical (unpaired) electrons. The average Bonchev–Trinajstić information content (AvgIpc) is 2.77. The number of aromatic hydroxyl groups is 1. The number of pyridine rings is 2. The van der Waals surface area contributed by atoms with Crippen molar-refractivity contribution < 1.29 is 9.90 Å². The molecule has 1 aromatic carbocycles. The number of fused-ring (bicyclic) bond motifs is 1. The van der Waals surface area contributed by atoms with Gasteiger partial charge in [0.25, 0.3) is 0 Å². The molecule has 2 heterocycles. The van der Waals surface area contributed by atoms with Gasteiger partial charge in [0, 0.05) is 24.3 Å². The number of nitrogens with zero attached hydrogens (tertiary/aromatic N) is 3. The average molecular weight is 487 g/mol. The number of ketones is 1. The Labute approximate surface area is 203 Å². The van der Waals surface area contributed by atoms with E-state index in [4.69, 9.17) is 28.2 Å². The largest absolute Gasteiger partial charge is 0.505 e. The highest BCUT2D eigenvalue weighted by Crippen LogP contribution is 2.37. The maximum atomic E-state index is 12.4. The predicted molar refractivity (Wildman–Crippen MR) is 135 cm³/mol. The van der Waals surface area contributed by atoms with Crippen LogP contribution in [-0.2, 0) is 0 Å². The molecule has 1 aliphatic carbocycles. The fourth-order valence-electron chi connectivity index (χ4n) is 4.56. The quantitative estimate of drug-likeness (QED) is 0.413. The number of carbonyl (C=O) groups is 1. The Morgan fingerprint density at radius 3 is 2.42 bits per heavy atom. The minimum Gasteiger partial charge on any atom is -0.505 e. The third-order valence-corrected chi connectivity index (χ3v) is 6.80. The maximum absolute atomic E-state index is 12.4. The van der Waals surface area contributed by atoms with Gasteiger partial charge in [0.1, 0.15) is 5.52 Å². The van der Waals surface area contributed by atoms with Gasteiger partial charge in [0.15, 0.2) is 11.5 Å². The molecule has 0 amide bonds. The highest BCUT2D eigenvalue weighted by atomic mass is 35.5. The van der Waals surface area contributed by atoms with Crippen molar-refractivity contribution in [1.82, 2.24) is 14.9 Å². The summed E-state index contributed by atoms with van der Waals surface area (Å²) in [6.07, 6.45) is 6.01. The van der Waals surface area contributed by atoms with E-state index in [9.17, 15) is 9.90 Å². The van der Waals surface area contributed by atoms with E-state index in [1.807, 2.05) is 12.1 Å². The molecule has 2 aromatic heterocycles. The van der Waals surface area contributed by atoms with Gasteiger partial charge in [-0.1, -0.05) is 23.2 Å². The molecule has 174 valence electrons. The van der Waals surface area contributed by atoms with Crippen LogP contribution in [0, 0.1) is 5.92 Å². The minimum atomic E-state index is -0.157. The number of nitrogens with one attached hydrogen (secondary N) is 1. The smallest absolute Gasteiger partial charge is 0.163 e. The van der Waals surface area contributed by atoms with Crippen molar-refractivity contribution in [3.63, 3.8) is 0 Å². The van der Waals surface area contributed by atoms with Crippen LogP contribution in [0.3, 0.4) is 0 Å². The van der Waals surface area contributed by atoms with Crippen LogP contribution < -0.4 is 5.32 Å². The van der Waals surface area contributed by atoms with E-state index in [0.717, 1.165) is 37.9 Å². The van der Waals surface area contributed by atoms with Crippen LogP contribution in [0.25, 0.3) is 22.3 Å². The molecule has 0 bridgehead atoms. The Morgan fingerprint density at radius 2 is 1.82 bits per heavy atom. The maximum Gasteiger partial charge on any atom is 0.163 e. The Morgan fingerprint density at radius 1 is 1.15 bits per heavy atom. The Hall–Kier alpha value is -2.41. The van der Waals surface area contributed by atoms with E-state index < -0.39 is 0 Å². The first kappa shape index (κ1) is 23.7. The van der Waals surface area contributed by atoms with Gasteiger partial charge < -0.3 is 15.3 Å². The van der Waals surface area contributed by atoms with Crippen molar-refractivity contribution in [2.45, 2.75) is 38.6 Å². The van der Waals surface area contributed by atoms with Crippen LogP contribution in [0.15, 0.2) is 30.5 Å². The van der Waals surface area contributed by atoms with Crippen molar-refractivity contribution in [1.29, 1.82) is 0 Å². The first-order valence-corrected chi connectivity index (χ1v) is 11.9. The van der Waals surface area contributed by atoms with Crippen molar-refractivity contribution >= 4 is 45.7 Å². The van der Waals surface area contributed by atoms with Crippen molar-refractivity contribution in [2.75, 3.05) is 26.0 Å². The fourth-order valence-corrected chi connectivity index (χ4v) is 5.05. The van der Waals surface area contributed by atoms with Gasteiger partial charge in [0.05, 0.1) is 32.5 Å². The summed E-state index contributed by atoms with van der Waals surface area (Å²) in [6, 6.07) is 7.22. The van der Waals surface area contributed by atoms with E-state index in [0.29, 0.717) is 33.8 Å². The molecule has 2 N–H and O–H groups in total. The van der Waals surface area contributed by atoms with Crippen molar-refractivity contribution in [3.8, 4) is 17.0 Å². The molecule has 8 heteroatoms. The molecule has 0 aliphatic heterocycles. The molecule has 4 rings (SSSR count). The number of Topliss-reactive ketones (excluding diaryl/α,β-unsaturated/α-hetero) is 1. The van der Waals surface area contributed by atoms with Gasteiger partial charge in [0.2, 0.25) is 0 Å². The van der Waals surface area contributed by atoms with E-state index >= 15 is 0 Å². The number of aromatic nitrogens is 2. The lowest BCUT2D eigenvalue weighted by Crippen LogP contribution is -2.31. The monoisotopic (exact) mass is 486 g/mol. The molecule has 1 aliphatic rings. The zero-order chi connectivity index (χ0) is 23.7. The molecule has 6 nitrogen and oxygen atoms in total. The van der Waals surface area contributed by atoms with Crippen molar-refractivity contribution in [3.05, 3.63) is 46.1 Å². The third kappa shape index (κ3) is 5.24. The molecule has 0 unspecified atom stereocenters. The van der Waals surface area contributed by atoms with Crippen LogP contribution in [0.2, 0.25) is 10.0 Å². The van der Waals surface area contributed by atoms with Gasteiger partial charge in [-0.3, -0.25) is 9.78 Å². The number of benzene rings is 1. The van der Waals surface area contributed by atoms with Gasteiger partial charge in [-0.2, -0.15) is 0 Å². The molecular formula is C25H28Cl2N4O2.